The molecule has 4 rings (SSSR count). The van der Waals surface area contributed by atoms with Crippen LogP contribution in [0.25, 0.3) is 10.8 Å². The molecule has 0 bridgehead atoms. The van der Waals surface area contributed by atoms with Crippen LogP contribution in [-0.2, 0) is 0 Å². The van der Waals surface area contributed by atoms with Crippen LogP contribution in [0.1, 0.15) is 17.0 Å². The molecular formula is C25H20S. The van der Waals surface area contributed by atoms with Crippen LogP contribution in [0.15, 0.2) is 120 Å². The van der Waals surface area contributed by atoms with Gasteiger partial charge in [-0.1, -0.05) is 115 Å². The third kappa shape index (κ3) is 3.44. The van der Waals surface area contributed by atoms with Crippen LogP contribution < -0.4 is 0 Å². The van der Waals surface area contributed by atoms with Crippen molar-refractivity contribution in [3.63, 3.8) is 0 Å². The van der Waals surface area contributed by atoms with Gasteiger partial charge in [0.25, 0.3) is 0 Å². The highest BCUT2D eigenvalue weighted by Crippen LogP contribution is 2.42. The summed E-state index contributed by atoms with van der Waals surface area (Å²) in [6, 6.07) is 36.3. The van der Waals surface area contributed by atoms with E-state index in [0.29, 0.717) is 0 Å². The fourth-order valence-corrected chi connectivity index (χ4v) is 4.46. The van der Waals surface area contributed by atoms with Gasteiger partial charge in [0.2, 0.25) is 0 Å². The van der Waals surface area contributed by atoms with Gasteiger partial charge in [0.15, 0.2) is 0 Å². The van der Waals surface area contributed by atoms with Gasteiger partial charge in [-0.15, -0.1) is 0 Å². The summed E-state index contributed by atoms with van der Waals surface area (Å²) in [5.74, 6) is 0.168. The molecule has 0 N–H and O–H groups in total. The van der Waals surface area contributed by atoms with Crippen LogP contribution >= 0.6 is 11.8 Å². The van der Waals surface area contributed by atoms with E-state index in [-0.39, 0.29) is 5.92 Å². The van der Waals surface area contributed by atoms with Crippen LogP contribution in [0.4, 0.5) is 0 Å². The van der Waals surface area contributed by atoms with Crippen molar-refractivity contribution < 1.29 is 0 Å². The Bertz CT molecular complexity index is 975. The van der Waals surface area contributed by atoms with E-state index in [2.05, 4.69) is 110 Å². The predicted octanol–water partition coefficient (Wildman–Crippen LogP) is 7.28. The fourth-order valence-electron chi connectivity index (χ4n) is 3.34. The first-order valence-corrected chi connectivity index (χ1v) is 9.59. The summed E-state index contributed by atoms with van der Waals surface area (Å²) in [4.78, 5) is 2.39. The van der Waals surface area contributed by atoms with E-state index in [1.54, 1.807) is 11.8 Å². The Kier molecular flexibility index (Phi) is 4.90. The second-order valence-corrected chi connectivity index (χ2v) is 7.47. The third-order valence-corrected chi connectivity index (χ3v) is 5.65. The fraction of sp³-hybridized carbons (Fsp3) is 0.0400. The van der Waals surface area contributed by atoms with E-state index in [1.165, 1.54) is 26.8 Å². The molecule has 0 radical (unpaired) electrons. The Morgan fingerprint density at radius 2 is 1.15 bits per heavy atom. The summed E-state index contributed by atoms with van der Waals surface area (Å²) >= 11 is 1.78. The molecule has 1 heteroatoms. The first-order chi connectivity index (χ1) is 12.8. The lowest BCUT2D eigenvalue weighted by molar-refractivity contribution is 1.01. The molecule has 0 amide bonds. The number of allylic oxidation sites excluding steroid dienone is 1. The minimum atomic E-state index is 0.168. The number of benzene rings is 4. The van der Waals surface area contributed by atoms with Crippen molar-refractivity contribution in [2.24, 2.45) is 0 Å². The molecule has 0 aromatic heterocycles. The molecule has 0 aliphatic heterocycles. The molecule has 126 valence electrons. The summed E-state index contributed by atoms with van der Waals surface area (Å²) < 4.78 is 0. The van der Waals surface area contributed by atoms with Gasteiger partial charge in [-0.05, 0) is 32.9 Å². The molecule has 0 aliphatic carbocycles. The maximum Gasteiger partial charge on any atom is 0.0397 e. The van der Waals surface area contributed by atoms with Gasteiger partial charge < -0.3 is 0 Å². The van der Waals surface area contributed by atoms with Gasteiger partial charge in [-0.3, -0.25) is 0 Å². The van der Waals surface area contributed by atoms with Gasteiger partial charge in [-0.25, -0.2) is 0 Å². The third-order valence-electron chi connectivity index (χ3n) is 4.58. The van der Waals surface area contributed by atoms with E-state index in [4.69, 9.17) is 0 Å². The average molecular weight is 353 g/mol. The first-order valence-electron chi connectivity index (χ1n) is 8.77. The Morgan fingerprint density at radius 1 is 0.615 bits per heavy atom. The number of thioether (sulfide) groups is 1. The van der Waals surface area contributed by atoms with E-state index in [9.17, 15) is 0 Å². The van der Waals surface area contributed by atoms with Crippen molar-refractivity contribution in [1.82, 2.24) is 0 Å². The van der Waals surface area contributed by atoms with Gasteiger partial charge in [-0.2, -0.15) is 0 Å². The monoisotopic (exact) mass is 352 g/mol. The maximum atomic E-state index is 4.47. The zero-order valence-corrected chi connectivity index (χ0v) is 15.3. The zero-order chi connectivity index (χ0) is 17.8. The molecule has 0 atom stereocenters. The number of fused-ring (bicyclic) bond motifs is 1. The number of rotatable bonds is 5. The first kappa shape index (κ1) is 16.7. The standard InChI is InChI=1S/C25H20S/c1-19(26-24-18-10-16-20-11-8-9-17-23(20)24)25(21-12-4-2-5-13-21)22-14-6-3-7-15-22/h2-18,25H,1H2. The van der Waals surface area contributed by atoms with Crippen molar-refractivity contribution in [2.75, 3.05) is 0 Å². The lowest BCUT2D eigenvalue weighted by Crippen LogP contribution is -2.02. The molecule has 0 aliphatic rings. The lowest BCUT2D eigenvalue weighted by Gasteiger charge is -2.21. The van der Waals surface area contributed by atoms with Crippen LogP contribution in [0.3, 0.4) is 0 Å². The van der Waals surface area contributed by atoms with Crippen molar-refractivity contribution in [3.05, 3.63) is 126 Å². The van der Waals surface area contributed by atoms with E-state index in [0.717, 1.165) is 4.91 Å². The van der Waals surface area contributed by atoms with Crippen molar-refractivity contribution in [3.8, 4) is 0 Å². The van der Waals surface area contributed by atoms with E-state index in [1.807, 2.05) is 0 Å². The second kappa shape index (κ2) is 7.63. The van der Waals surface area contributed by atoms with Gasteiger partial charge in [0.1, 0.15) is 0 Å². The van der Waals surface area contributed by atoms with E-state index >= 15 is 0 Å². The highest BCUT2D eigenvalue weighted by Gasteiger charge is 2.19. The number of hydrogen-bond donors (Lipinski definition) is 0. The van der Waals surface area contributed by atoms with Crippen LogP contribution in [-0.4, -0.2) is 0 Å². The van der Waals surface area contributed by atoms with Crippen molar-refractivity contribution in [2.45, 2.75) is 10.8 Å². The van der Waals surface area contributed by atoms with E-state index < -0.39 is 0 Å². The van der Waals surface area contributed by atoms with Crippen LogP contribution in [0.5, 0.6) is 0 Å². The number of hydrogen-bond acceptors (Lipinski definition) is 1. The predicted molar refractivity (Wildman–Crippen MR) is 114 cm³/mol. The topological polar surface area (TPSA) is 0 Å². The van der Waals surface area contributed by atoms with Crippen LogP contribution in [0.2, 0.25) is 0 Å². The summed E-state index contributed by atoms with van der Waals surface area (Å²) in [6.45, 7) is 4.47. The Hall–Kier alpha value is -2.77. The second-order valence-electron chi connectivity index (χ2n) is 6.30. The summed E-state index contributed by atoms with van der Waals surface area (Å²) in [5, 5.41) is 2.54. The quantitative estimate of drug-likeness (QED) is 0.340. The van der Waals surface area contributed by atoms with Gasteiger partial charge >= 0.3 is 0 Å². The molecule has 0 spiro atoms. The minimum Gasteiger partial charge on any atom is -0.0935 e. The summed E-state index contributed by atoms with van der Waals surface area (Å²) in [7, 11) is 0. The molecule has 0 heterocycles. The van der Waals surface area contributed by atoms with Crippen molar-refractivity contribution in [1.29, 1.82) is 0 Å². The lowest BCUT2D eigenvalue weighted by atomic mass is 9.91. The Balaban J connectivity index is 1.73. The minimum absolute atomic E-state index is 0.168. The largest absolute Gasteiger partial charge is 0.0935 e. The molecule has 0 fully saturated rings. The smallest absolute Gasteiger partial charge is 0.0397 e. The van der Waals surface area contributed by atoms with Crippen molar-refractivity contribution >= 4 is 22.5 Å². The van der Waals surface area contributed by atoms with Gasteiger partial charge in [0, 0.05) is 10.8 Å². The molecule has 4 aromatic carbocycles. The molecule has 26 heavy (non-hydrogen) atoms. The van der Waals surface area contributed by atoms with Gasteiger partial charge in [0.05, 0.1) is 0 Å². The Morgan fingerprint density at radius 3 is 1.81 bits per heavy atom. The highest BCUT2D eigenvalue weighted by atomic mass is 32.2. The normalized spacial score (nSPS) is 11.0. The Labute approximate surface area is 159 Å². The SMILES string of the molecule is C=C(Sc1cccc2ccccc12)C(c1ccccc1)c1ccccc1. The molecule has 0 nitrogen and oxygen atoms in total. The molecule has 0 saturated heterocycles. The molecule has 0 saturated carbocycles. The highest BCUT2D eigenvalue weighted by molar-refractivity contribution is 8.03. The molecule has 4 aromatic rings. The molecule has 0 unspecified atom stereocenters. The maximum absolute atomic E-state index is 4.47. The molecular weight excluding hydrogens is 332 g/mol. The average Bonchev–Trinajstić information content (AvgIpc) is 2.70. The summed E-state index contributed by atoms with van der Waals surface area (Å²) in [5.41, 5.74) is 2.55. The van der Waals surface area contributed by atoms with Crippen LogP contribution in [0, 0.1) is 0 Å². The zero-order valence-electron chi connectivity index (χ0n) is 14.5. The summed E-state index contributed by atoms with van der Waals surface area (Å²) in [6.07, 6.45) is 0.